The number of hydrogen-bond acceptors (Lipinski definition) is 5. The average molecular weight is 317 g/mol. The maximum atomic E-state index is 14.0. The Balaban J connectivity index is 1.83. The van der Waals surface area contributed by atoms with Crippen molar-refractivity contribution in [1.82, 2.24) is 9.97 Å². The third-order valence-electron chi connectivity index (χ3n) is 3.61. The summed E-state index contributed by atoms with van der Waals surface area (Å²) in [5.41, 5.74) is 0.562. The van der Waals surface area contributed by atoms with Crippen molar-refractivity contribution >= 4 is 5.82 Å². The van der Waals surface area contributed by atoms with E-state index < -0.39 is 0 Å². The van der Waals surface area contributed by atoms with Crippen molar-refractivity contribution in [2.45, 2.75) is 26.1 Å². The van der Waals surface area contributed by atoms with Gasteiger partial charge >= 0.3 is 0 Å². The van der Waals surface area contributed by atoms with E-state index in [1.165, 1.54) is 6.07 Å². The molecule has 1 aliphatic heterocycles. The van der Waals surface area contributed by atoms with Crippen LogP contribution in [0.1, 0.15) is 25.5 Å². The van der Waals surface area contributed by atoms with Gasteiger partial charge in [-0.15, -0.1) is 0 Å². The highest BCUT2D eigenvalue weighted by Gasteiger charge is 2.27. The van der Waals surface area contributed by atoms with Crippen molar-refractivity contribution in [3.63, 3.8) is 0 Å². The van der Waals surface area contributed by atoms with Crippen LogP contribution in [0.25, 0.3) is 0 Å². The Bertz CT molecular complexity index is 666. The minimum atomic E-state index is -0.334. The van der Waals surface area contributed by atoms with Crippen LogP contribution in [0.4, 0.5) is 10.2 Å². The lowest BCUT2D eigenvalue weighted by molar-refractivity contribution is 0.0369. The smallest absolute Gasteiger partial charge is 0.257 e. The number of anilines is 1. The Morgan fingerprint density at radius 2 is 2.04 bits per heavy atom. The van der Waals surface area contributed by atoms with Gasteiger partial charge in [-0.2, -0.15) is 0 Å². The van der Waals surface area contributed by atoms with Gasteiger partial charge in [0, 0.05) is 24.5 Å². The van der Waals surface area contributed by atoms with Crippen LogP contribution in [0.5, 0.6) is 5.88 Å². The molecule has 2 aromatic rings. The molecule has 1 aromatic carbocycles. The first-order valence-corrected chi connectivity index (χ1v) is 7.74. The Morgan fingerprint density at radius 1 is 1.26 bits per heavy atom. The molecular formula is C17H20FN3O2. The molecule has 0 radical (unpaired) electrons. The van der Waals surface area contributed by atoms with Gasteiger partial charge in [-0.25, -0.2) is 14.4 Å². The summed E-state index contributed by atoms with van der Waals surface area (Å²) >= 11 is 0. The quantitative estimate of drug-likeness (QED) is 0.867. The molecule has 5 nitrogen and oxygen atoms in total. The van der Waals surface area contributed by atoms with E-state index in [0.29, 0.717) is 37.0 Å². The van der Waals surface area contributed by atoms with Gasteiger partial charge in [-0.3, -0.25) is 0 Å². The number of benzene rings is 1. The van der Waals surface area contributed by atoms with Gasteiger partial charge in [0.25, 0.3) is 5.88 Å². The zero-order valence-electron chi connectivity index (χ0n) is 13.3. The first kappa shape index (κ1) is 15.7. The predicted molar refractivity (Wildman–Crippen MR) is 85.1 cm³/mol. The molecule has 0 spiro atoms. The fourth-order valence-electron chi connectivity index (χ4n) is 2.61. The molecule has 1 saturated heterocycles. The lowest BCUT2D eigenvalue weighted by Gasteiger charge is -2.34. The number of nitrogens with zero attached hydrogens (tertiary/aromatic N) is 3. The molecule has 6 heteroatoms. The summed E-state index contributed by atoms with van der Waals surface area (Å²) in [6, 6.07) is 6.70. The first-order chi connectivity index (χ1) is 11.1. The zero-order valence-corrected chi connectivity index (χ0v) is 13.3. The minimum Gasteiger partial charge on any atom is -0.472 e. The lowest BCUT2D eigenvalue weighted by atomic mass is 10.1. The first-order valence-electron chi connectivity index (χ1n) is 7.74. The molecular weight excluding hydrogens is 297 g/mol. The SMILES string of the molecule is CC(C)Oc1nccnc1N1CCOC(c2ccccc2F)C1. The third-order valence-corrected chi connectivity index (χ3v) is 3.61. The number of halogens is 1. The molecule has 0 aliphatic carbocycles. The van der Waals surface area contributed by atoms with Crippen molar-refractivity contribution in [3.05, 3.63) is 48.0 Å². The van der Waals surface area contributed by atoms with Gasteiger partial charge in [-0.1, -0.05) is 18.2 Å². The van der Waals surface area contributed by atoms with Gasteiger partial charge in [0.15, 0.2) is 5.82 Å². The molecule has 1 fully saturated rings. The predicted octanol–water partition coefficient (Wildman–Crippen LogP) is 2.98. The molecule has 0 saturated carbocycles. The van der Waals surface area contributed by atoms with Crippen LogP contribution in [0, 0.1) is 5.82 Å². The van der Waals surface area contributed by atoms with Crippen molar-refractivity contribution in [1.29, 1.82) is 0 Å². The summed E-state index contributed by atoms with van der Waals surface area (Å²) in [5.74, 6) is 0.916. The fourth-order valence-corrected chi connectivity index (χ4v) is 2.61. The van der Waals surface area contributed by atoms with E-state index in [9.17, 15) is 4.39 Å². The molecule has 0 amide bonds. The van der Waals surface area contributed by atoms with Crippen LogP contribution in [-0.4, -0.2) is 35.8 Å². The van der Waals surface area contributed by atoms with Crippen LogP contribution in [0.15, 0.2) is 36.7 Å². The summed E-state index contributed by atoms with van der Waals surface area (Å²) in [7, 11) is 0. The number of aromatic nitrogens is 2. The highest BCUT2D eigenvalue weighted by molar-refractivity contribution is 5.48. The third kappa shape index (κ3) is 3.59. The van der Waals surface area contributed by atoms with Crippen LogP contribution >= 0.6 is 0 Å². The maximum Gasteiger partial charge on any atom is 0.257 e. The van der Waals surface area contributed by atoms with Gasteiger partial charge in [0.2, 0.25) is 0 Å². The summed E-state index contributed by atoms with van der Waals surface area (Å²) in [4.78, 5) is 10.7. The number of ether oxygens (including phenoxy) is 2. The van der Waals surface area contributed by atoms with Crippen LogP contribution in [0.3, 0.4) is 0 Å². The Hall–Kier alpha value is -2.21. The van der Waals surface area contributed by atoms with E-state index in [1.54, 1.807) is 24.5 Å². The van der Waals surface area contributed by atoms with Crippen molar-refractivity contribution < 1.29 is 13.9 Å². The second-order valence-electron chi connectivity index (χ2n) is 5.68. The van der Waals surface area contributed by atoms with Crippen LogP contribution in [0.2, 0.25) is 0 Å². The Morgan fingerprint density at radius 3 is 2.83 bits per heavy atom. The molecule has 1 aliphatic rings. The number of morpholine rings is 1. The summed E-state index contributed by atoms with van der Waals surface area (Å²) in [6.07, 6.45) is 2.92. The monoisotopic (exact) mass is 317 g/mol. The average Bonchev–Trinajstić information content (AvgIpc) is 2.55. The van der Waals surface area contributed by atoms with Gasteiger partial charge in [-0.05, 0) is 19.9 Å². The Kier molecular flexibility index (Phi) is 4.71. The van der Waals surface area contributed by atoms with E-state index in [0.717, 1.165) is 0 Å². The highest BCUT2D eigenvalue weighted by atomic mass is 19.1. The van der Waals surface area contributed by atoms with E-state index in [2.05, 4.69) is 9.97 Å². The fraction of sp³-hybridized carbons (Fsp3) is 0.412. The molecule has 3 rings (SSSR count). The molecule has 1 atom stereocenters. The standard InChI is InChI=1S/C17H20FN3O2/c1-12(2)23-17-16(19-7-8-20-17)21-9-10-22-15(11-21)13-5-3-4-6-14(13)18/h3-8,12,15H,9-11H2,1-2H3. The number of rotatable bonds is 4. The molecule has 1 unspecified atom stereocenters. The maximum absolute atomic E-state index is 14.0. The van der Waals surface area contributed by atoms with Gasteiger partial charge in [0.05, 0.1) is 19.3 Å². The molecule has 0 N–H and O–H groups in total. The minimum absolute atomic E-state index is 0.00820. The molecule has 23 heavy (non-hydrogen) atoms. The van der Waals surface area contributed by atoms with E-state index in [1.807, 2.05) is 24.8 Å². The van der Waals surface area contributed by atoms with Crippen LogP contribution < -0.4 is 9.64 Å². The number of hydrogen-bond donors (Lipinski definition) is 0. The topological polar surface area (TPSA) is 47.5 Å². The Labute approximate surface area is 135 Å². The van der Waals surface area contributed by atoms with Gasteiger partial charge in [0.1, 0.15) is 11.9 Å². The van der Waals surface area contributed by atoms with Gasteiger partial charge < -0.3 is 14.4 Å². The van der Waals surface area contributed by atoms with Crippen molar-refractivity contribution in [2.75, 3.05) is 24.6 Å². The van der Waals surface area contributed by atoms with Crippen molar-refractivity contribution in [3.8, 4) is 5.88 Å². The summed E-state index contributed by atoms with van der Waals surface area (Å²) < 4.78 is 25.5. The van der Waals surface area contributed by atoms with E-state index >= 15 is 0 Å². The molecule has 1 aromatic heterocycles. The lowest BCUT2D eigenvalue weighted by Crippen LogP contribution is -2.39. The van der Waals surface area contributed by atoms with Crippen LogP contribution in [-0.2, 0) is 4.74 Å². The second-order valence-corrected chi connectivity index (χ2v) is 5.68. The highest BCUT2D eigenvalue weighted by Crippen LogP contribution is 2.30. The van der Waals surface area contributed by atoms with Crippen molar-refractivity contribution in [2.24, 2.45) is 0 Å². The summed E-state index contributed by atoms with van der Waals surface area (Å²) in [5, 5.41) is 0. The molecule has 2 heterocycles. The largest absolute Gasteiger partial charge is 0.472 e. The zero-order chi connectivity index (χ0) is 16.2. The molecule has 122 valence electrons. The van der Waals surface area contributed by atoms with E-state index in [-0.39, 0.29) is 18.0 Å². The second kappa shape index (κ2) is 6.91. The van der Waals surface area contributed by atoms with E-state index in [4.69, 9.17) is 9.47 Å². The summed E-state index contributed by atoms with van der Waals surface area (Å²) in [6.45, 7) is 5.56. The normalized spacial score (nSPS) is 18.3. The molecule has 0 bridgehead atoms.